The van der Waals surface area contributed by atoms with E-state index in [2.05, 4.69) is 0 Å². The van der Waals surface area contributed by atoms with Crippen molar-refractivity contribution in [1.82, 2.24) is 9.80 Å². The van der Waals surface area contributed by atoms with Gasteiger partial charge in [-0.15, -0.1) is 0 Å². The average molecular weight is 241 g/mol. The van der Waals surface area contributed by atoms with E-state index in [1.165, 1.54) is 0 Å². The van der Waals surface area contributed by atoms with Gasteiger partial charge in [-0.1, -0.05) is 0 Å². The molecule has 0 spiro atoms. The minimum atomic E-state index is -0.0141. The van der Waals surface area contributed by atoms with E-state index in [0.29, 0.717) is 6.54 Å². The Hall–Kier alpha value is -1.10. The molecule has 2 amide bonds. The van der Waals surface area contributed by atoms with Crippen molar-refractivity contribution in [2.75, 3.05) is 19.6 Å². The Morgan fingerprint density at radius 1 is 1.47 bits per heavy atom. The Labute approximate surface area is 103 Å². The Morgan fingerprint density at radius 2 is 2.12 bits per heavy atom. The molecule has 5 nitrogen and oxygen atoms in total. The molecule has 1 rings (SSSR count). The summed E-state index contributed by atoms with van der Waals surface area (Å²) in [7, 11) is 0. The second-order valence-electron chi connectivity index (χ2n) is 4.85. The highest BCUT2D eigenvalue weighted by Crippen LogP contribution is 2.19. The van der Waals surface area contributed by atoms with Crippen LogP contribution in [0.1, 0.15) is 33.6 Å². The van der Waals surface area contributed by atoms with Crippen LogP contribution in [-0.2, 0) is 9.59 Å². The van der Waals surface area contributed by atoms with E-state index in [1.807, 2.05) is 23.6 Å². The van der Waals surface area contributed by atoms with Crippen molar-refractivity contribution < 1.29 is 9.59 Å². The Balaban J connectivity index is 2.65. The van der Waals surface area contributed by atoms with Crippen molar-refractivity contribution >= 4 is 11.8 Å². The lowest BCUT2D eigenvalue weighted by atomic mass is 10.1. The van der Waals surface area contributed by atoms with Crippen LogP contribution in [0.2, 0.25) is 0 Å². The van der Waals surface area contributed by atoms with Gasteiger partial charge >= 0.3 is 0 Å². The van der Waals surface area contributed by atoms with Gasteiger partial charge in [-0.2, -0.15) is 0 Å². The molecule has 2 N–H and O–H groups in total. The van der Waals surface area contributed by atoms with Crippen LogP contribution >= 0.6 is 0 Å². The zero-order valence-corrected chi connectivity index (χ0v) is 11.0. The van der Waals surface area contributed by atoms with Gasteiger partial charge in [-0.05, 0) is 26.7 Å². The van der Waals surface area contributed by atoms with Gasteiger partial charge in [-0.25, -0.2) is 0 Å². The largest absolute Gasteiger partial charge is 0.338 e. The summed E-state index contributed by atoms with van der Waals surface area (Å²) in [4.78, 5) is 26.8. The van der Waals surface area contributed by atoms with E-state index >= 15 is 0 Å². The minimum Gasteiger partial charge on any atom is -0.338 e. The fourth-order valence-electron chi connectivity index (χ4n) is 2.40. The lowest BCUT2D eigenvalue weighted by Crippen LogP contribution is -2.48. The number of hydrogen-bond acceptors (Lipinski definition) is 3. The van der Waals surface area contributed by atoms with Gasteiger partial charge in [0.05, 0.1) is 6.54 Å². The van der Waals surface area contributed by atoms with E-state index in [1.54, 1.807) is 6.92 Å². The van der Waals surface area contributed by atoms with E-state index in [-0.39, 0.29) is 30.4 Å². The van der Waals surface area contributed by atoms with Crippen LogP contribution in [0.3, 0.4) is 0 Å². The number of likely N-dealkylation sites (tertiary alicyclic amines) is 1. The summed E-state index contributed by atoms with van der Waals surface area (Å²) in [6, 6.07) is 0.306. The number of amides is 2. The third kappa shape index (κ3) is 3.43. The maximum atomic E-state index is 11.6. The maximum absolute atomic E-state index is 11.6. The van der Waals surface area contributed by atoms with Crippen LogP contribution < -0.4 is 5.73 Å². The predicted octanol–water partition coefficient (Wildman–Crippen LogP) is 0.193. The molecule has 1 heterocycles. The fraction of sp³-hybridized carbons (Fsp3) is 0.833. The molecular formula is C12H23N3O2. The molecule has 98 valence electrons. The molecule has 0 aromatic rings. The van der Waals surface area contributed by atoms with Crippen molar-refractivity contribution in [3.05, 3.63) is 0 Å². The SMILES string of the molecule is CC(=O)N(CC1CCCN1C(=O)CN)C(C)C. The molecule has 0 bridgehead atoms. The molecule has 0 aliphatic carbocycles. The summed E-state index contributed by atoms with van der Waals surface area (Å²) >= 11 is 0. The number of nitrogens with two attached hydrogens (primary N) is 1. The molecule has 1 unspecified atom stereocenters. The lowest BCUT2D eigenvalue weighted by Gasteiger charge is -2.32. The Morgan fingerprint density at radius 3 is 2.59 bits per heavy atom. The van der Waals surface area contributed by atoms with Crippen molar-refractivity contribution in [3.8, 4) is 0 Å². The summed E-state index contributed by atoms with van der Waals surface area (Å²) in [5.41, 5.74) is 5.39. The van der Waals surface area contributed by atoms with Gasteiger partial charge in [0.25, 0.3) is 0 Å². The molecule has 1 fully saturated rings. The van der Waals surface area contributed by atoms with Crippen LogP contribution in [0.5, 0.6) is 0 Å². The smallest absolute Gasteiger partial charge is 0.236 e. The molecule has 0 radical (unpaired) electrons. The first-order valence-electron chi connectivity index (χ1n) is 6.24. The molecule has 1 aliphatic rings. The van der Waals surface area contributed by atoms with Gasteiger partial charge < -0.3 is 15.5 Å². The van der Waals surface area contributed by atoms with Gasteiger partial charge in [0.1, 0.15) is 0 Å². The van der Waals surface area contributed by atoms with Crippen LogP contribution in [0.4, 0.5) is 0 Å². The first kappa shape index (κ1) is 14.0. The molecule has 1 atom stereocenters. The summed E-state index contributed by atoms with van der Waals surface area (Å²) < 4.78 is 0. The third-order valence-electron chi connectivity index (χ3n) is 3.31. The molecular weight excluding hydrogens is 218 g/mol. The van der Waals surface area contributed by atoms with Gasteiger partial charge in [0.15, 0.2) is 0 Å². The van der Waals surface area contributed by atoms with Crippen molar-refractivity contribution in [2.45, 2.75) is 45.7 Å². The topological polar surface area (TPSA) is 66.6 Å². The zero-order valence-electron chi connectivity index (χ0n) is 11.0. The van der Waals surface area contributed by atoms with Crippen LogP contribution in [0.25, 0.3) is 0 Å². The number of carbonyl (C=O) groups is 2. The van der Waals surface area contributed by atoms with Crippen molar-refractivity contribution in [3.63, 3.8) is 0 Å². The van der Waals surface area contributed by atoms with E-state index in [0.717, 1.165) is 19.4 Å². The number of carbonyl (C=O) groups excluding carboxylic acids is 2. The highest BCUT2D eigenvalue weighted by molar-refractivity contribution is 5.79. The van der Waals surface area contributed by atoms with E-state index in [9.17, 15) is 9.59 Å². The minimum absolute atomic E-state index is 0.0141. The van der Waals surface area contributed by atoms with Gasteiger partial charge in [0.2, 0.25) is 11.8 Å². The molecule has 0 aromatic heterocycles. The number of hydrogen-bond donors (Lipinski definition) is 1. The highest BCUT2D eigenvalue weighted by Gasteiger charge is 2.30. The molecule has 1 saturated heterocycles. The fourth-order valence-corrected chi connectivity index (χ4v) is 2.40. The second-order valence-corrected chi connectivity index (χ2v) is 4.85. The van der Waals surface area contributed by atoms with Crippen molar-refractivity contribution in [1.29, 1.82) is 0 Å². The predicted molar refractivity (Wildman–Crippen MR) is 66.3 cm³/mol. The normalized spacial score (nSPS) is 19.8. The van der Waals surface area contributed by atoms with Gasteiger partial charge in [0, 0.05) is 32.1 Å². The Bertz CT molecular complexity index is 291. The van der Waals surface area contributed by atoms with E-state index in [4.69, 9.17) is 5.73 Å². The van der Waals surface area contributed by atoms with Crippen LogP contribution in [-0.4, -0.2) is 53.3 Å². The van der Waals surface area contributed by atoms with Crippen LogP contribution in [0, 0.1) is 0 Å². The number of nitrogens with zero attached hydrogens (tertiary/aromatic N) is 2. The maximum Gasteiger partial charge on any atom is 0.236 e. The van der Waals surface area contributed by atoms with Crippen molar-refractivity contribution in [2.24, 2.45) is 5.73 Å². The monoisotopic (exact) mass is 241 g/mol. The lowest BCUT2D eigenvalue weighted by molar-refractivity contribution is -0.135. The second kappa shape index (κ2) is 6.00. The zero-order chi connectivity index (χ0) is 13.0. The standard InChI is InChI=1S/C12H23N3O2/c1-9(2)15(10(3)16)8-11-5-4-6-14(11)12(17)7-13/h9,11H,4-8,13H2,1-3H3. The third-order valence-corrected chi connectivity index (χ3v) is 3.31. The highest BCUT2D eigenvalue weighted by atomic mass is 16.2. The average Bonchev–Trinajstić information content (AvgIpc) is 2.71. The Kier molecular flexibility index (Phi) is 4.93. The number of rotatable bonds is 4. The molecule has 0 saturated carbocycles. The summed E-state index contributed by atoms with van der Waals surface area (Å²) in [6.45, 7) is 7.00. The van der Waals surface area contributed by atoms with Gasteiger partial charge in [-0.3, -0.25) is 9.59 Å². The molecule has 5 heteroatoms. The summed E-state index contributed by atoms with van der Waals surface area (Å²) in [5.74, 6) is 0.0480. The summed E-state index contributed by atoms with van der Waals surface area (Å²) in [6.07, 6.45) is 1.96. The quantitative estimate of drug-likeness (QED) is 0.764. The van der Waals surface area contributed by atoms with Crippen LogP contribution in [0.15, 0.2) is 0 Å². The summed E-state index contributed by atoms with van der Waals surface area (Å²) in [5, 5.41) is 0. The van der Waals surface area contributed by atoms with E-state index < -0.39 is 0 Å². The first-order valence-corrected chi connectivity index (χ1v) is 6.24. The first-order chi connectivity index (χ1) is 7.97. The molecule has 1 aliphatic heterocycles. The molecule has 17 heavy (non-hydrogen) atoms. The molecule has 0 aromatic carbocycles.